The fourth-order valence-corrected chi connectivity index (χ4v) is 9.42. The molecule has 1 heterocycles. The molecule has 0 saturated heterocycles. The van der Waals surface area contributed by atoms with Gasteiger partial charge in [-0.1, -0.05) is 151 Å². The van der Waals surface area contributed by atoms with Gasteiger partial charge in [-0.05, 0) is 131 Å². The molecule has 0 atom stereocenters. The lowest BCUT2D eigenvalue weighted by Crippen LogP contribution is -2.10. The molecule has 282 valence electrons. The number of hydrogen-bond acceptors (Lipinski definition) is 2. The van der Waals surface area contributed by atoms with Crippen molar-refractivity contribution >= 4 is 49.4 Å². The Bertz CT molecular complexity index is 3250. The van der Waals surface area contributed by atoms with Crippen LogP contribution in [0.15, 0.2) is 151 Å². The van der Waals surface area contributed by atoms with Crippen LogP contribution in [0.2, 0.25) is 0 Å². The highest BCUT2D eigenvalue weighted by Gasteiger charge is 2.32. The monoisotopic (exact) mass is 757 g/mol. The average molecular weight is 758 g/mol. The van der Waals surface area contributed by atoms with Crippen molar-refractivity contribution in [3.05, 3.63) is 168 Å². The van der Waals surface area contributed by atoms with E-state index in [1.54, 1.807) is 6.08 Å². The molecular weight excluding hydrogens is 715 g/mol. The summed E-state index contributed by atoms with van der Waals surface area (Å²) >= 11 is 0. The van der Waals surface area contributed by atoms with Crippen molar-refractivity contribution in [1.82, 2.24) is 4.57 Å². The zero-order valence-electron chi connectivity index (χ0n) is 34.3. The second kappa shape index (κ2) is 13.2. The number of benzene rings is 8. The molecule has 1 aromatic heterocycles. The first-order valence-electron chi connectivity index (χ1n) is 20.4. The maximum Gasteiger partial charge on any atom is 0.130 e. The van der Waals surface area contributed by atoms with Crippen molar-refractivity contribution < 1.29 is 0 Å². The van der Waals surface area contributed by atoms with Gasteiger partial charge in [-0.2, -0.15) is 10.5 Å². The number of rotatable bonds is 4. The predicted molar refractivity (Wildman–Crippen MR) is 248 cm³/mol. The fraction of sp³-hybridized carbons (Fsp3) is 0.143. The molecular formula is C56H43N3. The maximum absolute atomic E-state index is 9.69. The molecule has 0 aliphatic heterocycles. The van der Waals surface area contributed by atoms with Gasteiger partial charge in [-0.3, -0.25) is 0 Å². The fourth-order valence-electron chi connectivity index (χ4n) is 9.42. The molecule has 0 fully saturated rings. The van der Waals surface area contributed by atoms with Crippen LogP contribution in [0.1, 0.15) is 58.2 Å². The van der Waals surface area contributed by atoms with Gasteiger partial charge in [0, 0.05) is 16.2 Å². The Kier molecular flexibility index (Phi) is 8.07. The van der Waals surface area contributed by atoms with E-state index in [-0.39, 0.29) is 16.4 Å². The van der Waals surface area contributed by atoms with Gasteiger partial charge in [0.1, 0.15) is 17.7 Å². The molecule has 0 amide bonds. The summed E-state index contributed by atoms with van der Waals surface area (Å²) in [7, 11) is 0. The lowest BCUT2D eigenvalue weighted by atomic mass is 9.82. The molecule has 0 unspecified atom stereocenters. The summed E-state index contributed by atoms with van der Waals surface area (Å²) in [6.45, 7) is 13.7. The third-order valence-electron chi connectivity index (χ3n) is 12.3. The molecule has 1 aliphatic rings. The van der Waals surface area contributed by atoms with Gasteiger partial charge in [-0.25, -0.2) is 0 Å². The number of nitriles is 2. The standard InChI is InChI=1S/C56H43N3/c1-55(2,3)38-21-25-48-44(30-38)45-31-39(56(4,5)6)22-26-49(45)59(48)47-27-24-43-52-41(47)18-13-19-42(52)53-51(37-16-11-8-12-17-37)46-29-34(28-35(32-57)33-58)20-23-40(46)50(54(43)53)36-14-9-7-10-15-36/h7-31H,1-6H3. The molecule has 0 N–H and O–H groups in total. The molecule has 3 nitrogen and oxygen atoms in total. The van der Waals surface area contributed by atoms with E-state index in [9.17, 15) is 10.5 Å². The molecule has 8 aromatic carbocycles. The second-order valence-electron chi connectivity index (χ2n) is 18.0. The van der Waals surface area contributed by atoms with Crippen molar-refractivity contribution in [1.29, 1.82) is 10.5 Å². The largest absolute Gasteiger partial charge is 0.309 e. The van der Waals surface area contributed by atoms with Crippen molar-refractivity contribution in [2.75, 3.05) is 0 Å². The lowest BCUT2D eigenvalue weighted by molar-refractivity contribution is 0.590. The highest BCUT2D eigenvalue weighted by molar-refractivity contribution is 6.28. The van der Waals surface area contributed by atoms with Crippen LogP contribution in [-0.4, -0.2) is 4.57 Å². The van der Waals surface area contributed by atoms with E-state index in [0.717, 1.165) is 38.7 Å². The zero-order valence-corrected chi connectivity index (χ0v) is 34.3. The molecule has 0 saturated carbocycles. The molecule has 3 heteroatoms. The van der Waals surface area contributed by atoms with Crippen LogP contribution in [0.25, 0.3) is 99.6 Å². The summed E-state index contributed by atoms with van der Waals surface area (Å²) in [6.07, 6.45) is 1.69. The second-order valence-corrected chi connectivity index (χ2v) is 18.0. The number of fused-ring (bicyclic) bond motifs is 7. The maximum atomic E-state index is 9.69. The van der Waals surface area contributed by atoms with Crippen LogP contribution in [-0.2, 0) is 10.8 Å². The van der Waals surface area contributed by atoms with E-state index in [1.165, 1.54) is 71.5 Å². The van der Waals surface area contributed by atoms with Gasteiger partial charge in [0.05, 0.1) is 16.7 Å². The topological polar surface area (TPSA) is 52.5 Å². The summed E-state index contributed by atoms with van der Waals surface area (Å²) < 4.78 is 2.49. The molecule has 0 radical (unpaired) electrons. The quantitative estimate of drug-likeness (QED) is 0.168. The zero-order chi connectivity index (χ0) is 40.8. The van der Waals surface area contributed by atoms with Crippen molar-refractivity contribution in [2.24, 2.45) is 0 Å². The third-order valence-corrected chi connectivity index (χ3v) is 12.3. The highest BCUT2D eigenvalue weighted by atomic mass is 15.0. The van der Waals surface area contributed by atoms with Crippen LogP contribution in [0, 0.1) is 22.7 Å². The summed E-state index contributed by atoms with van der Waals surface area (Å²) in [6, 6.07) is 57.4. The van der Waals surface area contributed by atoms with Crippen molar-refractivity contribution in [3.8, 4) is 62.3 Å². The van der Waals surface area contributed by atoms with Gasteiger partial charge >= 0.3 is 0 Å². The van der Waals surface area contributed by atoms with Crippen LogP contribution in [0.4, 0.5) is 0 Å². The third kappa shape index (κ3) is 5.61. The van der Waals surface area contributed by atoms with E-state index in [1.807, 2.05) is 6.07 Å². The Morgan fingerprint density at radius 2 is 1.02 bits per heavy atom. The first-order chi connectivity index (χ1) is 28.5. The van der Waals surface area contributed by atoms with E-state index >= 15 is 0 Å². The number of aromatic nitrogens is 1. The lowest BCUT2D eigenvalue weighted by Gasteiger charge is -2.21. The number of hydrogen-bond donors (Lipinski definition) is 0. The number of nitrogens with zero attached hydrogens (tertiary/aromatic N) is 3. The van der Waals surface area contributed by atoms with E-state index in [0.29, 0.717) is 0 Å². The minimum absolute atomic E-state index is 0.0132. The average Bonchev–Trinajstić information content (AvgIpc) is 3.75. The van der Waals surface area contributed by atoms with Crippen LogP contribution < -0.4 is 0 Å². The summed E-state index contributed by atoms with van der Waals surface area (Å²) in [5.41, 5.74) is 16.6. The van der Waals surface area contributed by atoms with Gasteiger partial charge in [-0.15, -0.1) is 0 Å². The molecule has 59 heavy (non-hydrogen) atoms. The SMILES string of the molecule is CC(C)(C)c1ccc2c(c1)c1cc(C(C)(C)C)ccc1n2-c1ccc2c3c(cccc13)-c1c-2c(-c2ccccc2)c2ccc(C=C(C#N)C#N)cc2c1-c1ccccc1. The van der Waals surface area contributed by atoms with E-state index in [4.69, 9.17) is 0 Å². The first kappa shape index (κ1) is 36.2. The van der Waals surface area contributed by atoms with Crippen molar-refractivity contribution in [2.45, 2.75) is 52.4 Å². The Morgan fingerprint density at radius 3 is 1.56 bits per heavy atom. The summed E-state index contributed by atoms with van der Waals surface area (Å²) in [4.78, 5) is 0. The Hall–Kier alpha value is -7.20. The van der Waals surface area contributed by atoms with Crippen molar-refractivity contribution in [3.63, 3.8) is 0 Å². The Balaban J connectivity index is 1.34. The smallest absolute Gasteiger partial charge is 0.130 e. The summed E-state index contributed by atoms with van der Waals surface area (Å²) in [5.74, 6) is 0. The van der Waals surface area contributed by atoms with Crippen LogP contribution in [0.5, 0.6) is 0 Å². The molecule has 1 aliphatic carbocycles. The van der Waals surface area contributed by atoms with Gasteiger partial charge in [0.25, 0.3) is 0 Å². The number of allylic oxidation sites excluding steroid dienone is 1. The highest BCUT2D eigenvalue weighted by Crippen LogP contribution is 2.58. The minimum Gasteiger partial charge on any atom is -0.309 e. The Labute approximate surface area is 345 Å². The Morgan fingerprint density at radius 1 is 0.475 bits per heavy atom. The van der Waals surface area contributed by atoms with Gasteiger partial charge in [0.15, 0.2) is 0 Å². The van der Waals surface area contributed by atoms with E-state index < -0.39 is 0 Å². The van der Waals surface area contributed by atoms with E-state index in [2.05, 4.69) is 198 Å². The molecule has 0 spiro atoms. The normalized spacial score (nSPS) is 12.2. The first-order valence-corrected chi connectivity index (χ1v) is 20.4. The molecule has 0 bridgehead atoms. The van der Waals surface area contributed by atoms with Gasteiger partial charge in [0.2, 0.25) is 0 Å². The summed E-state index contributed by atoms with van der Waals surface area (Å²) in [5, 5.41) is 26.6. The predicted octanol–water partition coefficient (Wildman–Crippen LogP) is 15.1. The minimum atomic E-state index is 0.0132. The van der Waals surface area contributed by atoms with Crippen LogP contribution in [0.3, 0.4) is 0 Å². The van der Waals surface area contributed by atoms with Crippen LogP contribution >= 0.6 is 0 Å². The van der Waals surface area contributed by atoms with Gasteiger partial charge < -0.3 is 4.57 Å². The molecule has 9 aromatic rings. The molecule has 10 rings (SSSR count).